The van der Waals surface area contributed by atoms with E-state index in [-0.39, 0.29) is 54.8 Å². The molecule has 2 aliphatic heterocycles. The van der Waals surface area contributed by atoms with Gasteiger partial charge in [0.05, 0.1) is 17.3 Å². The Labute approximate surface area is 208 Å². The molecule has 2 N–H and O–H groups in total. The highest BCUT2D eigenvalue weighted by Crippen LogP contribution is 2.24. The van der Waals surface area contributed by atoms with Crippen LogP contribution in [0.1, 0.15) is 24.8 Å². The van der Waals surface area contributed by atoms with Crippen molar-refractivity contribution in [3.05, 3.63) is 35.1 Å². The Bertz CT molecular complexity index is 1190. The van der Waals surface area contributed by atoms with E-state index in [1.165, 1.54) is 9.80 Å². The molecule has 0 aromatic heterocycles. The average Bonchev–Trinajstić information content (AvgIpc) is 2.80. The van der Waals surface area contributed by atoms with Crippen molar-refractivity contribution in [1.29, 1.82) is 0 Å². The fraction of sp³-hybridized carbons (Fsp3) is 0.636. The molecule has 2 saturated heterocycles. The number of hydrogen-bond acceptors (Lipinski definition) is 7. The van der Waals surface area contributed by atoms with Gasteiger partial charge in [0.2, 0.25) is 11.8 Å². The number of sulfone groups is 2. The second-order valence-electron chi connectivity index (χ2n) is 9.32. The summed E-state index contributed by atoms with van der Waals surface area (Å²) in [5, 5.41) is 0. The Balaban J connectivity index is 1.43. The number of amides is 2. The van der Waals surface area contributed by atoms with E-state index in [1.807, 2.05) is 0 Å². The molecule has 2 fully saturated rings. The summed E-state index contributed by atoms with van der Waals surface area (Å²) in [6.45, 7) is 0.544. The molecule has 2 aliphatic rings. The number of nitrogens with two attached hydrogens (primary N) is 1. The van der Waals surface area contributed by atoms with Gasteiger partial charge in [0.1, 0.15) is 11.6 Å². The summed E-state index contributed by atoms with van der Waals surface area (Å²) in [7, 11) is -7.07. The van der Waals surface area contributed by atoms with Crippen LogP contribution >= 0.6 is 0 Å². The lowest BCUT2D eigenvalue weighted by molar-refractivity contribution is -0.132. The minimum Gasteiger partial charge on any atom is -0.343 e. The number of piperidine rings is 1. The molecule has 2 heterocycles. The van der Waals surface area contributed by atoms with E-state index in [0.717, 1.165) is 6.07 Å². The lowest BCUT2D eigenvalue weighted by Crippen LogP contribution is -2.46. The predicted molar refractivity (Wildman–Crippen MR) is 126 cm³/mol. The number of nitrogens with zero attached hydrogens (tertiary/aromatic N) is 2. The maximum absolute atomic E-state index is 13.9. The lowest BCUT2D eigenvalue weighted by Gasteiger charge is -2.35. The average molecular weight is 554 g/mol. The van der Waals surface area contributed by atoms with Gasteiger partial charge in [-0.2, -0.15) is 0 Å². The third-order valence-corrected chi connectivity index (χ3v) is 9.83. The standard InChI is InChI=1S/C22H30F3N3O6S2/c23-17-13-19(25)18(24)11-16(17)12-20(26)15-1-4-27(5-2-15)21(29)3-8-36(33,34)14-22(30)28-6-9-35(31,32)10-7-28/h11,13,15,20H,1-10,12,14,26H2/t20-/m1/s1. The highest BCUT2D eigenvalue weighted by atomic mass is 32.2. The summed E-state index contributed by atoms with van der Waals surface area (Å²) in [6.07, 6.45) is 0.695. The molecule has 0 radical (unpaired) electrons. The van der Waals surface area contributed by atoms with Crippen LogP contribution in [-0.4, -0.2) is 93.7 Å². The van der Waals surface area contributed by atoms with Crippen molar-refractivity contribution in [1.82, 2.24) is 9.80 Å². The molecule has 202 valence electrons. The third kappa shape index (κ3) is 7.65. The van der Waals surface area contributed by atoms with Gasteiger partial charge in [0.15, 0.2) is 31.3 Å². The summed E-state index contributed by atoms with van der Waals surface area (Å²) < 4.78 is 88.1. The number of hydrogen-bond donors (Lipinski definition) is 1. The van der Waals surface area contributed by atoms with Crippen LogP contribution in [-0.2, 0) is 35.7 Å². The molecule has 0 aliphatic carbocycles. The molecule has 0 unspecified atom stereocenters. The van der Waals surface area contributed by atoms with Crippen LogP contribution in [0, 0.1) is 23.4 Å². The molecule has 14 heteroatoms. The number of rotatable bonds is 8. The van der Waals surface area contributed by atoms with Gasteiger partial charge in [0, 0.05) is 44.7 Å². The Morgan fingerprint density at radius 3 is 2.11 bits per heavy atom. The van der Waals surface area contributed by atoms with Gasteiger partial charge in [-0.05, 0) is 36.8 Å². The zero-order valence-corrected chi connectivity index (χ0v) is 21.3. The van der Waals surface area contributed by atoms with E-state index < -0.39 is 60.6 Å². The zero-order chi connectivity index (χ0) is 26.7. The van der Waals surface area contributed by atoms with Crippen molar-refractivity contribution in [2.24, 2.45) is 11.7 Å². The van der Waals surface area contributed by atoms with E-state index in [4.69, 9.17) is 5.73 Å². The summed E-state index contributed by atoms with van der Waals surface area (Å²) in [5.41, 5.74) is 6.14. The van der Waals surface area contributed by atoms with E-state index in [2.05, 4.69) is 0 Å². The maximum atomic E-state index is 13.9. The first kappa shape index (κ1) is 28.4. The smallest absolute Gasteiger partial charge is 0.237 e. The van der Waals surface area contributed by atoms with Crippen LogP contribution < -0.4 is 5.73 Å². The Hall–Kier alpha value is -2.19. The van der Waals surface area contributed by atoms with Crippen molar-refractivity contribution in [3.8, 4) is 0 Å². The van der Waals surface area contributed by atoms with Crippen LogP contribution in [0.3, 0.4) is 0 Å². The van der Waals surface area contributed by atoms with Gasteiger partial charge in [-0.25, -0.2) is 30.0 Å². The van der Waals surface area contributed by atoms with Gasteiger partial charge in [-0.3, -0.25) is 9.59 Å². The molecule has 3 rings (SSSR count). The molecule has 1 aromatic carbocycles. The van der Waals surface area contributed by atoms with E-state index in [9.17, 15) is 39.6 Å². The maximum Gasteiger partial charge on any atom is 0.237 e. The monoisotopic (exact) mass is 553 g/mol. The van der Waals surface area contributed by atoms with Crippen molar-refractivity contribution >= 4 is 31.5 Å². The van der Waals surface area contributed by atoms with Crippen LogP contribution in [0.15, 0.2) is 12.1 Å². The third-order valence-electron chi connectivity index (χ3n) is 6.71. The lowest BCUT2D eigenvalue weighted by atomic mass is 9.86. The van der Waals surface area contributed by atoms with Crippen molar-refractivity contribution in [2.75, 3.05) is 49.2 Å². The SMILES string of the molecule is N[C@H](Cc1cc(F)c(F)cc1F)C1CCN(C(=O)CCS(=O)(=O)CC(=O)N2CCS(=O)(=O)CC2)CC1. The predicted octanol–water partition coefficient (Wildman–Crippen LogP) is 0.274. The number of likely N-dealkylation sites (tertiary alicyclic amines) is 1. The number of carbonyl (C=O) groups is 2. The second-order valence-corrected chi connectivity index (χ2v) is 13.8. The summed E-state index contributed by atoms with van der Waals surface area (Å²) in [5.74, 6) is -6.13. The molecule has 0 spiro atoms. The van der Waals surface area contributed by atoms with Crippen LogP contribution in [0.4, 0.5) is 13.2 Å². The van der Waals surface area contributed by atoms with Crippen molar-refractivity contribution in [3.63, 3.8) is 0 Å². The number of halogens is 3. The largest absolute Gasteiger partial charge is 0.343 e. The highest BCUT2D eigenvalue weighted by Gasteiger charge is 2.30. The van der Waals surface area contributed by atoms with Gasteiger partial charge in [-0.15, -0.1) is 0 Å². The van der Waals surface area contributed by atoms with Crippen LogP contribution in [0.5, 0.6) is 0 Å². The van der Waals surface area contributed by atoms with E-state index >= 15 is 0 Å². The molecule has 0 saturated carbocycles. The van der Waals surface area contributed by atoms with E-state index in [0.29, 0.717) is 32.0 Å². The van der Waals surface area contributed by atoms with Gasteiger partial charge in [0.25, 0.3) is 0 Å². The summed E-state index contributed by atoms with van der Waals surface area (Å²) in [4.78, 5) is 27.5. The second kappa shape index (κ2) is 11.5. The molecule has 0 bridgehead atoms. The van der Waals surface area contributed by atoms with E-state index in [1.54, 1.807) is 0 Å². The van der Waals surface area contributed by atoms with Gasteiger partial charge >= 0.3 is 0 Å². The Morgan fingerprint density at radius 1 is 0.944 bits per heavy atom. The fourth-order valence-corrected chi connectivity index (χ4v) is 6.82. The minimum absolute atomic E-state index is 0.0108. The first-order valence-corrected chi connectivity index (χ1v) is 15.3. The normalized spacial score (nSPS) is 19.8. The van der Waals surface area contributed by atoms with Gasteiger partial charge in [-0.1, -0.05) is 0 Å². The molecule has 1 atom stereocenters. The quantitative estimate of drug-likeness (QED) is 0.457. The van der Waals surface area contributed by atoms with Crippen molar-refractivity contribution < 1.29 is 39.6 Å². The zero-order valence-electron chi connectivity index (χ0n) is 19.7. The molecule has 2 amide bonds. The van der Waals surface area contributed by atoms with Crippen LogP contribution in [0.2, 0.25) is 0 Å². The molecule has 36 heavy (non-hydrogen) atoms. The van der Waals surface area contributed by atoms with Crippen molar-refractivity contribution in [2.45, 2.75) is 31.7 Å². The topological polar surface area (TPSA) is 135 Å². The Morgan fingerprint density at radius 2 is 1.50 bits per heavy atom. The van der Waals surface area contributed by atoms with Crippen LogP contribution in [0.25, 0.3) is 0 Å². The van der Waals surface area contributed by atoms with Gasteiger partial charge < -0.3 is 15.5 Å². The minimum atomic E-state index is -3.86. The molecule has 1 aromatic rings. The Kier molecular flexibility index (Phi) is 9.04. The number of carbonyl (C=O) groups excluding carboxylic acids is 2. The summed E-state index contributed by atoms with van der Waals surface area (Å²) >= 11 is 0. The molecule has 9 nitrogen and oxygen atoms in total. The fourth-order valence-electron chi connectivity index (χ4n) is 4.43. The first-order valence-electron chi connectivity index (χ1n) is 11.6. The highest BCUT2D eigenvalue weighted by molar-refractivity contribution is 7.92. The molecular formula is C22H30F3N3O6S2. The first-order chi connectivity index (χ1) is 16.8. The summed E-state index contributed by atoms with van der Waals surface area (Å²) in [6, 6.07) is 0.747. The molecular weight excluding hydrogens is 523 g/mol. The number of benzene rings is 1.